The molecule has 0 amide bonds. The van der Waals surface area contributed by atoms with Gasteiger partial charge >= 0.3 is 0 Å². The molecule has 1 heterocycles. The largest absolute Gasteiger partial charge is 0.355 e. The molecule has 94 valence electrons. The fourth-order valence-corrected chi connectivity index (χ4v) is 3.11. The molecule has 0 aromatic carbocycles. The number of halogens is 1. The van der Waals surface area contributed by atoms with Crippen LogP contribution in [-0.4, -0.2) is 36.6 Å². The maximum Gasteiger partial charge on any atom is 0.191 e. The summed E-state index contributed by atoms with van der Waals surface area (Å²) in [6.07, 6.45) is 4.02. The second-order valence-corrected chi connectivity index (χ2v) is 5.96. The molecule has 2 N–H and O–H groups in total. The molecule has 16 heavy (non-hydrogen) atoms. The molecular weight excluding hydrogens is 333 g/mol. The maximum atomic E-state index is 4.25. The number of guanidine groups is 1. The summed E-state index contributed by atoms with van der Waals surface area (Å²) in [4.78, 5) is 4.25. The molecule has 0 spiro atoms. The summed E-state index contributed by atoms with van der Waals surface area (Å²) in [5.74, 6) is 3.14. The van der Waals surface area contributed by atoms with Gasteiger partial charge in [0.25, 0.3) is 0 Å². The summed E-state index contributed by atoms with van der Waals surface area (Å²) < 4.78 is 0. The van der Waals surface area contributed by atoms with E-state index in [2.05, 4.69) is 34.3 Å². The van der Waals surface area contributed by atoms with E-state index in [1.165, 1.54) is 25.0 Å². The van der Waals surface area contributed by atoms with Gasteiger partial charge in [0.1, 0.15) is 0 Å². The molecule has 0 aromatic heterocycles. The highest BCUT2D eigenvalue weighted by atomic mass is 127. The average Bonchev–Trinajstić information content (AvgIpc) is 2.74. The van der Waals surface area contributed by atoms with Crippen LogP contribution in [-0.2, 0) is 0 Å². The quantitative estimate of drug-likeness (QED) is 0.462. The molecule has 0 aromatic rings. The Kier molecular flexibility index (Phi) is 6.25. The third-order valence-corrected chi connectivity index (χ3v) is 4.57. The number of nitrogens with one attached hydrogen (secondary N) is 2. The van der Waals surface area contributed by atoms with Crippen LogP contribution in [0.5, 0.6) is 0 Å². The van der Waals surface area contributed by atoms with Gasteiger partial charge in [-0.3, -0.25) is 4.99 Å². The Morgan fingerprint density at radius 1 is 1.50 bits per heavy atom. The first-order valence-electron chi connectivity index (χ1n) is 5.88. The van der Waals surface area contributed by atoms with Gasteiger partial charge in [-0.15, -0.1) is 24.0 Å². The number of nitrogens with zero attached hydrogens (tertiary/aromatic N) is 1. The minimum Gasteiger partial charge on any atom is -0.355 e. The van der Waals surface area contributed by atoms with Crippen molar-refractivity contribution in [2.75, 3.05) is 19.3 Å². The minimum absolute atomic E-state index is 0. The van der Waals surface area contributed by atoms with Gasteiger partial charge in [0.15, 0.2) is 5.96 Å². The molecular formula is C11H22IN3S. The van der Waals surface area contributed by atoms with E-state index in [0.29, 0.717) is 6.04 Å². The van der Waals surface area contributed by atoms with E-state index in [0.717, 1.165) is 23.7 Å². The maximum absolute atomic E-state index is 4.25. The second-order valence-electron chi connectivity index (χ2n) is 4.55. The molecule has 0 radical (unpaired) electrons. The summed E-state index contributed by atoms with van der Waals surface area (Å²) in [7, 11) is 1.85. The summed E-state index contributed by atoms with van der Waals surface area (Å²) in [5, 5.41) is 7.66. The van der Waals surface area contributed by atoms with Crippen LogP contribution in [0.3, 0.4) is 0 Å². The Bertz CT molecular complexity index is 241. The zero-order chi connectivity index (χ0) is 10.7. The van der Waals surface area contributed by atoms with Gasteiger partial charge in [-0.1, -0.05) is 6.92 Å². The highest BCUT2D eigenvalue weighted by Gasteiger charge is 2.33. The zero-order valence-electron chi connectivity index (χ0n) is 10.0. The molecule has 3 atom stereocenters. The van der Waals surface area contributed by atoms with Crippen molar-refractivity contribution in [3.05, 3.63) is 0 Å². The van der Waals surface area contributed by atoms with E-state index in [1.807, 2.05) is 7.05 Å². The lowest BCUT2D eigenvalue weighted by Crippen LogP contribution is -2.41. The van der Waals surface area contributed by atoms with E-state index in [4.69, 9.17) is 0 Å². The SMILES string of the molecule is CN=C(NCC1CCCS1)NC1CC1C.I. The third-order valence-electron chi connectivity index (χ3n) is 3.18. The van der Waals surface area contributed by atoms with Crippen molar-refractivity contribution in [2.45, 2.75) is 37.5 Å². The number of hydrogen-bond donors (Lipinski definition) is 2. The number of rotatable bonds is 3. The fourth-order valence-electron chi connectivity index (χ4n) is 1.91. The Labute approximate surface area is 120 Å². The molecule has 2 rings (SSSR count). The normalized spacial score (nSPS) is 33.1. The van der Waals surface area contributed by atoms with Crippen LogP contribution in [0.4, 0.5) is 0 Å². The predicted molar refractivity (Wildman–Crippen MR) is 83.0 cm³/mol. The average molecular weight is 355 g/mol. The molecule has 1 saturated heterocycles. The van der Waals surface area contributed by atoms with Crippen LogP contribution in [0.25, 0.3) is 0 Å². The molecule has 3 nitrogen and oxygen atoms in total. The minimum atomic E-state index is 0. The van der Waals surface area contributed by atoms with Crippen molar-refractivity contribution in [1.29, 1.82) is 0 Å². The molecule has 2 fully saturated rings. The van der Waals surface area contributed by atoms with Crippen molar-refractivity contribution in [3.63, 3.8) is 0 Å². The lowest BCUT2D eigenvalue weighted by molar-refractivity contribution is 0.715. The van der Waals surface area contributed by atoms with E-state index < -0.39 is 0 Å². The van der Waals surface area contributed by atoms with Crippen LogP contribution in [0.1, 0.15) is 26.2 Å². The van der Waals surface area contributed by atoms with Crippen molar-refractivity contribution in [2.24, 2.45) is 10.9 Å². The first-order chi connectivity index (χ1) is 7.29. The van der Waals surface area contributed by atoms with Crippen molar-refractivity contribution >= 4 is 41.7 Å². The van der Waals surface area contributed by atoms with Crippen LogP contribution >= 0.6 is 35.7 Å². The summed E-state index contributed by atoms with van der Waals surface area (Å²) in [6, 6.07) is 0.660. The first-order valence-corrected chi connectivity index (χ1v) is 6.93. The fraction of sp³-hybridized carbons (Fsp3) is 0.909. The Morgan fingerprint density at radius 3 is 2.75 bits per heavy atom. The standard InChI is InChI=1S/C11H21N3S.HI/c1-8-6-10(8)14-11(12-2)13-7-9-4-3-5-15-9;/h8-10H,3-7H2,1-2H3,(H2,12,13,14);1H. The Hall–Kier alpha value is 0.350. The van der Waals surface area contributed by atoms with E-state index in [1.54, 1.807) is 0 Å². The van der Waals surface area contributed by atoms with Crippen molar-refractivity contribution in [1.82, 2.24) is 10.6 Å². The lowest BCUT2D eigenvalue weighted by Gasteiger charge is -2.14. The van der Waals surface area contributed by atoms with E-state index in [-0.39, 0.29) is 24.0 Å². The molecule has 3 unspecified atom stereocenters. The van der Waals surface area contributed by atoms with Gasteiger partial charge in [-0.05, 0) is 30.9 Å². The molecule has 2 aliphatic rings. The predicted octanol–water partition coefficient (Wildman–Crippen LogP) is 2.07. The van der Waals surface area contributed by atoms with Gasteiger partial charge in [-0.25, -0.2) is 0 Å². The van der Waals surface area contributed by atoms with E-state index >= 15 is 0 Å². The van der Waals surface area contributed by atoms with Crippen LogP contribution in [0.15, 0.2) is 4.99 Å². The molecule has 0 bridgehead atoms. The van der Waals surface area contributed by atoms with Crippen molar-refractivity contribution < 1.29 is 0 Å². The molecule has 1 aliphatic carbocycles. The summed E-state index contributed by atoms with van der Waals surface area (Å²) in [5.41, 5.74) is 0. The smallest absolute Gasteiger partial charge is 0.191 e. The lowest BCUT2D eigenvalue weighted by atomic mass is 10.2. The van der Waals surface area contributed by atoms with Gasteiger partial charge in [0.2, 0.25) is 0 Å². The van der Waals surface area contributed by atoms with E-state index in [9.17, 15) is 0 Å². The van der Waals surface area contributed by atoms with Crippen LogP contribution in [0.2, 0.25) is 0 Å². The topological polar surface area (TPSA) is 36.4 Å². The first kappa shape index (κ1) is 14.4. The number of aliphatic imine (C=N–C) groups is 1. The Morgan fingerprint density at radius 2 is 2.25 bits per heavy atom. The Balaban J connectivity index is 0.00000128. The number of thioether (sulfide) groups is 1. The third kappa shape index (κ3) is 4.31. The van der Waals surface area contributed by atoms with Gasteiger partial charge in [-0.2, -0.15) is 11.8 Å². The van der Waals surface area contributed by atoms with Gasteiger partial charge in [0.05, 0.1) is 0 Å². The van der Waals surface area contributed by atoms with Gasteiger partial charge < -0.3 is 10.6 Å². The summed E-state index contributed by atoms with van der Waals surface area (Å²) in [6.45, 7) is 3.34. The van der Waals surface area contributed by atoms with Gasteiger partial charge in [0, 0.05) is 24.9 Å². The van der Waals surface area contributed by atoms with Crippen molar-refractivity contribution in [3.8, 4) is 0 Å². The summed E-state index contributed by atoms with van der Waals surface area (Å²) >= 11 is 2.08. The van der Waals surface area contributed by atoms with Crippen LogP contribution < -0.4 is 10.6 Å². The highest BCUT2D eigenvalue weighted by molar-refractivity contribution is 14.0. The van der Waals surface area contributed by atoms with Crippen LogP contribution in [0, 0.1) is 5.92 Å². The molecule has 1 saturated carbocycles. The highest BCUT2D eigenvalue weighted by Crippen LogP contribution is 2.29. The number of hydrogen-bond acceptors (Lipinski definition) is 2. The molecule has 1 aliphatic heterocycles. The monoisotopic (exact) mass is 355 g/mol. The second kappa shape index (κ2) is 6.93. The zero-order valence-corrected chi connectivity index (χ0v) is 13.2. The molecule has 5 heteroatoms.